The zero-order valence-corrected chi connectivity index (χ0v) is 18.7. The van der Waals surface area contributed by atoms with E-state index in [1.54, 1.807) is 61.3 Å². The van der Waals surface area contributed by atoms with Crippen molar-refractivity contribution < 1.29 is 18.3 Å². The van der Waals surface area contributed by atoms with Crippen LogP contribution in [0.25, 0.3) is 22.3 Å². The molecule has 8 nitrogen and oxygen atoms in total. The van der Waals surface area contributed by atoms with Crippen LogP contribution >= 0.6 is 0 Å². The zero-order valence-electron chi connectivity index (χ0n) is 18.7. The van der Waals surface area contributed by atoms with E-state index < -0.39 is 0 Å². The second kappa shape index (κ2) is 10.2. The van der Waals surface area contributed by atoms with Crippen LogP contribution < -0.4 is 10.1 Å². The molecule has 0 spiro atoms. The van der Waals surface area contributed by atoms with Crippen molar-refractivity contribution in [2.24, 2.45) is 0 Å². The highest BCUT2D eigenvalue weighted by Gasteiger charge is 2.15. The van der Waals surface area contributed by atoms with Gasteiger partial charge in [-0.05, 0) is 55.0 Å². The second-order valence-electron chi connectivity index (χ2n) is 7.90. The predicted molar refractivity (Wildman–Crippen MR) is 127 cm³/mol. The predicted octanol–water partition coefficient (Wildman–Crippen LogP) is 4.69. The third-order valence-electron chi connectivity index (χ3n) is 5.40. The average molecular weight is 471 g/mol. The minimum absolute atomic E-state index is 0.197. The van der Waals surface area contributed by atoms with Crippen LogP contribution in [0.3, 0.4) is 0 Å². The molecule has 0 saturated carbocycles. The smallest absolute Gasteiger partial charge is 0.251 e. The van der Waals surface area contributed by atoms with Crippen molar-refractivity contribution in [2.75, 3.05) is 6.54 Å². The summed E-state index contributed by atoms with van der Waals surface area (Å²) >= 11 is 0. The molecule has 0 fully saturated rings. The van der Waals surface area contributed by atoms with E-state index in [-0.39, 0.29) is 18.3 Å². The van der Waals surface area contributed by atoms with Crippen molar-refractivity contribution in [1.29, 1.82) is 0 Å². The van der Waals surface area contributed by atoms with Gasteiger partial charge in [0, 0.05) is 42.0 Å². The van der Waals surface area contributed by atoms with Gasteiger partial charge in [-0.25, -0.2) is 19.3 Å². The van der Waals surface area contributed by atoms with E-state index in [0.29, 0.717) is 40.3 Å². The Labute approximate surface area is 200 Å². The Morgan fingerprint density at radius 3 is 2.74 bits per heavy atom. The number of nitrogens with one attached hydrogen (secondary N) is 2. The van der Waals surface area contributed by atoms with E-state index in [2.05, 4.69) is 20.3 Å². The van der Waals surface area contributed by atoms with Crippen LogP contribution in [-0.4, -0.2) is 32.4 Å². The number of aromatic nitrogens is 4. The van der Waals surface area contributed by atoms with E-state index in [1.165, 1.54) is 12.1 Å². The Hall–Kier alpha value is -4.53. The number of imidazole rings is 1. The molecular weight excluding hydrogens is 449 g/mol. The maximum absolute atomic E-state index is 13.5. The van der Waals surface area contributed by atoms with Gasteiger partial charge in [0.2, 0.25) is 5.88 Å². The summed E-state index contributed by atoms with van der Waals surface area (Å²) in [7, 11) is 0. The number of furan rings is 1. The van der Waals surface area contributed by atoms with E-state index in [9.17, 15) is 9.18 Å². The highest BCUT2D eigenvalue weighted by Crippen LogP contribution is 2.30. The molecule has 2 N–H and O–H groups in total. The van der Waals surface area contributed by atoms with Gasteiger partial charge in [0.25, 0.3) is 5.91 Å². The van der Waals surface area contributed by atoms with E-state index in [0.717, 1.165) is 24.2 Å². The first-order chi connectivity index (χ1) is 17.2. The summed E-state index contributed by atoms with van der Waals surface area (Å²) in [4.78, 5) is 29.3. The van der Waals surface area contributed by atoms with Crippen molar-refractivity contribution in [3.8, 4) is 17.1 Å². The lowest BCUT2D eigenvalue weighted by Gasteiger charge is -2.12. The molecule has 2 aromatic carbocycles. The quantitative estimate of drug-likeness (QED) is 0.302. The number of rotatable bonds is 9. The highest BCUT2D eigenvalue weighted by atomic mass is 19.1. The second-order valence-corrected chi connectivity index (χ2v) is 7.90. The van der Waals surface area contributed by atoms with Crippen LogP contribution in [0.2, 0.25) is 0 Å². The SMILES string of the molecule is O=C(NCCCc1ncc[nH]1)c1ccc2nc(OCc3ccoc3)c(-c3ccc(F)cc3)nc2c1. The summed E-state index contributed by atoms with van der Waals surface area (Å²) in [5.41, 5.74) is 3.53. The lowest BCUT2D eigenvalue weighted by atomic mass is 10.1. The lowest BCUT2D eigenvalue weighted by Crippen LogP contribution is -2.24. The first-order valence-electron chi connectivity index (χ1n) is 11.1. The summed E-state index contributed by atoms with van der Waals surface area (Å²) in [6.45, 7) is 0.758. The Kier molecular flexibility index (Phi) is 6.47. The van der Waals surface area contributed by atoms with Gasteiger partial charge >= 0.3 is 0 Å². The minimum Gasteiger partial charge on any atom is -0.472 e. The van der Waals surface area contributed by atoms with Gasteiger partial charge in [0.05, 0.1) is 23.6 Å². The number of amides is 1. The number of aryl methyl sites for hydroxylation is 1. The average Bonchev–Trinajstić information content (AvgIpc) is 3.59. The topological polar surface area (TPSA) is 106 Å². The maximum atomic E-state index is 13.5. The molecule has 0 aliphatic carbocycles. The van der Waals surface area contributed by atoms with Gasteiger partial charge in [0.1, 0.15) is 23.9 Å². The summed E-state index contributed by atoms with van der Waals surface area (Å²) < 4.78 is 24.5. The van der Waals surface area contributed by atoms with Gasteiger partial charge in [-0.3, -0.25) is 4.79 Å². The molecule has 0 bridgehead atoms. The third-order valence-corrected chi connectivity index (χ3v) is 5.40. The number of hydrogen-bond donors (Lipinski definition) is 2. The number of nitrogens with zero attached hydrogens (tertiary/aromatic N) is 3. The molecule has 3 aromatic heterocycles. The molecule has 35 heavy (non-hydrogen) atoms. The first kappa shape index (κ1) is 22.3. The van der Waals surface area contributed by atoms with Gasteiger partial charge in [0.15, 0.2) is 0 Å². The molecule has 3 heterocycles. The van der Waals surface area contributed by atoms with E-state index in [1.807, 2.05) is 0 Å². The number of halogens is 1. The van der Waals surface area contributed by atoms with Crippen LogP contribution in [0.1, 0.15) is 28.2 Å². The standard InChI is InChI=1S/C26H22FN5O3/c27-20-6-3-18(4-7-20)24-26(35-16-17-9-13-34-15-17)32-21-8-5-19(14-22(21)31-24)25(33)30-10-1-2-23-28-11-12-29-23/h3-9,11-15H,1-2,10,16H2,(H,28,29)(H,30,33). The Morgan fingerprint density at radius 2 is 1.97 bits per heavy atom. The van der Waals surface area contributed by atoms with Crippen LogP contribution in [-0.2, 0) is 13.0 Å². The zero-order chi connectivity index (χ0) is 24.0. The fourth-order valence-electron chi connectivity index (χ4n) is 3.60. The number of ether oxygens (including phenoxy) is 1. The summed E-state index contributed by atoms with van der Waals surface area (Å²) in [5.74, 6) is 0.644. The van der Waals surface area contributed by atoms with Crippen molar-refractivity contribution in [1.82, 2.24) is 25.3 Å². The number of aromatic amines is 1. The van der Waals surface area contributed by atoms with Crippen LogP contribution in [0.4, 0.5) is 4.39 Å². The molecular formula is C26H22FN5O3. The maximum Gasteiger partial charge on any atom is 0.251 e. The molecule has 5 rings (SSSR count). The van der Waals surface area contributed by atoms with Crippen molar-refractivity contribution in [3.05, 3.63) is 96.2 Å². The molecule has 1 amide bonds. The fraction of sp³-hybridized carbons (Fsp3) is 0.154. The number of fused-ring (bicyclic) bond motifs is 1. The van der Waals surface area contributed by atoms with Crippen molar-refractivity contribution in [3.63, 3.8) is 0 Å². The molecule has 9 heteroatoms. The Balaban J connectivity index is 1.38. The van der Waals surface area contributed by atoms with Gasteiger partial charge < -0.3 is 19.5 Å². The van der Waals surface area contributed by atoms with Crippen LogP contribution in [0, 0.1) is 5.82 Å². The van der Waals surface area contributed by atoms with Gasteiger partial charge in [-0.2, -0.15) is 0 Å². The lowest BCUT2D eigenvalue weighted by molar-refractivity contribution is 0.0953. The number of carbonyl (C=O) groups is 1. The molecule has 0 atom stereocenters. The normalized spacial score (nSPS) is 11.0. The Bertz CT molecular complexity index is 1420. The molecule has 0 unspecified atom stereocenters. The molecule has 5 aromatic rings. The third kappa shape index (κ3) is 5.35. The molecule has 176 valence electrons. The molecule has 0 saturated heterocycles. The van der Waals surface area contributed by atoms with E-state index >= 15 is 0 Å². The van der Waals surface area contributed by atoms with Gasteiger partial charge in [-0.15, -0.1) is 0 Å². The molecule has 0 aliphatic heterocycles. The number of H-pyrrole nitrogens is 1. The van der Waals surface area contributed by atoms with Gasteiger partial charge in [-0.1, -0.05) is 0 Å². The largest absolute Gasteiger partial charge is 0.472 e. The number of benzene rings is 2. The first-order valence-corrected chi connectivity index (χ1v) is 11.1. The molecule has 0 radical (unpaired) electrons. The van der Waals surface area contributed by atoms with Crippen LogP contribution in [0.5, 0.6) is 5.88 Å². The van der Waals surface area contributed by atoms with Crippen LogP contribution in [0.15, 0.2) is 77.9 Å². The summed E-state index contributed by atoms with van der Waals surface area (Å²) in [6.07, 6.45) is 8.15. The summed E-state index contributed by atoms with van der Waals surface area (Å²) in [5, 5.41) is 2.92. The Morgan fingerprint density at radius 1 is 1.09 bits per heavy atom. The fourth-order valence-corrected chi connectivity index (χ4v) is 3.60. The monoisotopic (exact) mass is 471 g/mol. The van der Waals surface area contributed by atoms with E-state index in [4.69, 9.17) is 14.1 Å². The minimum atomic E-state index is -0.352. The van der Waals surface area contributed by atoms with Crippen molar-refractivity contribution in [2.45, 2.75) is 19.4 Å². The van der Waals surface area contributed by atoms with Crippen molar-refractivity contribution >= 4 is 16.9 Å². The molecule has 0 aliphatic rings. The highest BCUT2D eigenvalue weighted by molar-refractivity contribution is 5.97. The number of carbonyl (C=O) groups excluding carboxylic acids is 1. The number of hydrogen-bond acceptors (Lipinski definition) is 6. The summed E-state index contributed by atoms with van der Waals surface area (Å²) in [6, 6.07) is 12.9.